The summed E-state index contributed by atoms with van der Waals surface area (Å²) in [4.78, 5) is 13.8. The van der Waals surface area contributed by atoms with Crippen molar-refractivity contribution in [3.05, 3.63) is 29.8 Å². The van der Waals surface area contributed by atoms with Crippen LogP contribution in [-0.2, 0) is 11.2 Å². The number of rotatable bonds is 3. The summed E-state index contributed by atoms with van der Waals surface area (Å²) in [5.41, 5.74) is 0.208. The van der Waals surface area contributed by atoms with Crippen molar-refractivity contribution >= 4 is 5.97 Å². The highest BCUT2D eigenvalue weighted by atomic mass is 19.1. The molecule has 3 nitrogen and oxygen atoms in total. The normalized spacial score (nSPS) is 9.75. The Balaban J connectivity index is 2.63. The van der Waals surface area contributed by atoms with Crippen LogP contribution in [0.2, 0.25) is 0 Å². The Kier molecular flexibility index (Phi) is 2.74. The van der Waals surface area contributed by atoms with Crippen LogP contribution in [0.3, 0.4) is 0 Å². The van der Waals surface area contributed by atoms with Crippen molar-refractivity contribution in [3.63, 3.8) is 0 Å². The van der Waals surface area contributed by atoms with Gasteiger partial charge in [-0.25, -0.2) is 4.39 Å². The van der Waals surface area contributed by atoms with Gasteiger partial charge in [0.25, 0.3) is 0 Å². The number of carboxylic acids is 1. The molecule has 12 heavy (non-hydrogen) atoms. The van der Waals surface area contributed by atoms with Crippen molar-refractivity contribution in [2.24, 2.45) is 0 Å². The number of carboxylic acid groups (broad SMARTS) is 1. The molecule has 0 spiro atoms. The van der Waals surface area contributed by atoms with Gasteiger partial charge in [-0.15, -0.1) is 0 Å². The lowest BCUT2D eigenvalue weighted by Gasteiger charge is -1.97. The van der Waals surface area contributed by atoms with Gasteiger partial charge in [-0.2, -0.15) is 0 Å². The smallest absolute Gasteiger partial charge is 0.303 e. The van der Waals surface area contributed by atoms with Crippen molar-refractivity contribution in [2.75, 3.05) is 0 Å². The summed E-state index contributed by atoms with van der Waals surface area (Å²) in [5.74, 6) is -1.39. The van der Waals surface area contributed by atoms with E-state index >= 15 is 0 Å². The first-order chi connectivity index (χ1) is 5.70. The fraction of sp³-hybridized carbons (Fsp3) is 0.250. The predicted molar refractivity (Wildman–Crippen MR) is 40.2 cm³/mol. The molecular formula is C8H8FNO2. The quantitative estimate of drug-likeness (QED) is 0.740. The van der Waals surface area contributed by atoms with Crippen LogP contribution < -0.4 is 0 Å². The van der Waals surface area contributed by atoms with Gasteiger partial charge >= 0.3 is 5.97 Å². The molecule has 0 aliphatic carbocycles. The average molecular weight is 169 g/mol. The molecule has 1 aromatic rings. The predicted octanol–water partition coefficient (Wildman–Crippen LogP) is 1.24. The van der Waals surface area contributed by atoms with E-state index in [1.807, 2.05) is 0 Å². The molecule has 0 saturated heterocycles. The van der Waals surface area contributed by atoms with E-state index in [9.17, 15) is 9.18 Å². The van der Waals surface area contributed by atoms with Gasteiger partial charge in [-0.1, -0.05) is 0 Å². The van der Waals surface area contributed by atoms with Crippen LogP contribution in [0.5, 0.6) is 0 Å². The molecule has 0 amide bonds. The lowest BCUT2D eigenvalue weighted by molar-refractivity contribution is -0.136. The Labute approximate surface area is 68.9 Å². The van der Waals surface area contributed by atoms with Crippen molar-refractivity contribution in [3.8, 4) is 0 Å². The average Bonchev–Trinajstić information content (AvgIpc) is 2.03. The number of aryl methyl sites for hydroxylation is 1. The van der Waals surface area contributed by atoms with E-state index in [0.717, 1.165) is 0 Å². The topological polar surface area (TPSA) is 50.2 Å². The minimum Gasteiger partial charge on any atom is -0.481 e. The molecule has 1 heterocycles. The maximum atomic E-state index is 12.8. The Bertz CT molecular complexity index is 288. The first-order valence-corrected chi connectivity index (χ1v) is 3.51. The van der Waals surface area contributed by atoms with Gasteiger partial charge in [0.2, 0.25) is 0 Å². The summed E-state index contributed by atoms with van der Waals surface area (Å²) in [5, 5.41) is 8.32. The zero-order valence-electron chi connectivity index (χ0n) is 6.33. The first kappa shape index (κ1) is 8.64. The third-order valence-electron chi connectivity index (χ3n) is 1.41. The van der Waals surface area contributed by atoms with Crippen LogP contribution >= 0.6 is 0 Å². The van der Waals surface area contributed by atoms with Gasteiger partial charge in [-0.05, 0) is 12.1 Å². The second kappa shape index (κ2) is 3.80. The van der Waals surface area contributed by atoms with Crippen LogP contribution in [0.15, 0.2) is 18.3 Å². The fourth-order valence-electron chi connectivity index (χ4n) is 0.828. The van der Waals surface area contributed by atoms with Crippen molar-refractivity contribution in [1.29, 1.82) is 0 Å². The number of hydrogen-bond donors (Lipinski definition) is 1. The molecule has 0 unspecified atom stereocenters. The Hall–Kier alpha value is -1.45. The maximum absolute atomic E-state index is 12.8. The van der Waals surface area contributed by atoms with Gasteiger partial charge in [0.15, 0.2) is 0 Å². The van der Waals surface area contributed by atoms with Gasteiger partial charge in [-0.3, -0.25) is 9.78 Å². The van der Waals surface area contributed by atoms with Gasteiger partial charge in [0.05, 0.1) is 12.1 Å². The van der Waals surface area contributed by atoms with E-state index in [4.69, 9.17) is 5.11 Å². The zero-order valence-corrected chi connectivity index (χ0v) is 6.33. The molecule has 0 atom stereocenters. The summed E-state index contributed by atoms with van der Waals surface area (Å²) in [7, 11) is 0. The Morgan fingerprint density at radius 3 is 3.00 bits per heavy atom. The van der Waals surface area contributed by atoms with E-state index in [2.05, 4.69) is 4.98 Å². The molecular weight excluding hydrogens is 161 g/mol. The van der Waals surface area contributed by atoms with Crippen LogP contribution in [0.1, 0.15) is 12.1 Å². The summed E-state index contributed by atoms with van der Waals surface area (Å²) in [6, 6.07) is 2.74. The van der Waals surface area contributed by atoms with E-state index in [0.29, 0.717) is 0 Å². The molecule has 0 fully saturated rings. The van der Waals surface area contributed by atoms with E-state index in [1.54, 1.807) is 0 Å². The number of carbonyl (C=O) groups is 1. The van der Waals surface area contributed by atoms with Gasteiger partial charge in [0, 0.05) is 12.6 Å². The van der Waals surface area contributed by atoms with E-state index in [-0.39, 0.29) is 18.5 Å². The van der Waals surface area contributed by atoms with Crippen LogP contribution in [0.25, 0.3) is 0 Å². The van der Waals surface area contributed by atoms with Crippen molar-refractivity contribution < 1.29 is 14.3 Å². The second-order valence-corrected chi connectivity index (χ2v) is 2.33. The number of aliphatic carboxylic acids is 1. The third kappa shape index (κ3) is 2.30. The standard InChI is InChI=1S/C8H8FNO2/c9-6-2-1-5-10-7(6)3-4-8(11)12/h1-2,5H,3-4H2,(H,11,12). The van der Waals surface area contributed by atoms with Gasteiger partial charge < -0.3 is 5.11 Å². The fourth-order valence-corrected chi connectivity index (χ4v) is 0.828. The molecule has 1 aromatic heterocycles. The highest BCUT2D eigenvalue weighted by Crippen LogP contribution is 2.04. The monoisotopic (exact) mass is 169 g/mol. The van der Waals surface area contributed by atoms with Crippen LogP contribution in [-0.4, -0.2) is 16.1 Å². The molecule has 0 radical (unpaired) electrons. The molecule has 0 bridgehead atoms. The Morgan fingerprint density at radius 2 is 2.42 bits per heavy atom. The molecule has 1 rings (SSSR count). The maximum Gasteiger partial charge on any atom is 0.303 e. The third-order valence-corrected chi connectivity index (χ3v) is 1.41. The number of halogens is 1. The lowest BCUT2D eigenvalue weighted by Crippen LogP contribution is -2.01. The SMILES string of the molecule is O=C(O)CCc1ncccc1F. The highest BCUT2D eigenvalue weighted by Gasteiger charge is 2.04. The van der Waals surface area contributed by atoms with Crippen molar-refractivity contribution in [1.82, 2.24) is 4.98 Å². The number of aromatic nitrogens is 1. The summed E-state index contributed by atoms with van der Waals surface area (Å²) in [6.45, 7) is 0. The van der Waals surface area contributed by atoms with Crippen LogP contribution in [0.4, 0.5) is 4.39 Å². The summed E-state index contributed by atoms with van der Waals surface area (Å²) < 4.78 is 12.8. The zero-order chi connectivity index (χ0) is 8.97. The van der Waals surface area contributed by atoms with E-state index < -0.39 is 11.8 Å². The highest BCUT2D eigenvalue weighted by molar-refractivity contribution is 5.66. The van der Waals surface area contributed by atoms with Gasteiger partial charge in [0.1, 0.15) is 5.82 Å². The summed E-state index contributed by atoms with van der Waals surface area (Å²) in [6.07, 6.45) is 1.50. The number of nitrogens with zero attached hydrogens (tertiary/aromatic N) is 1. The summed E-state index contributed by atoms with van der Waals surface area (Å²) >= 11 is 0. The first-order valence-electron chi connectivity index (χ1n) is 3.51. The van der Waals surface area contributed by atoms with Crippen molar-refractivity contribution in [2.45, 2.75) is 12.8 Å². The van der Waals surface area contributed by atoms with E-state index in [1.165, 1.54) is 18.3 Å². The molecule has 64 valence electrons. The molecule has 0 saturated carbocycles. The van der Waals surface area contributed by atoms with Crippen LogP contribution in [0, 0.1) is 5.82 Å². The number of pyridine rings is 1. The Morgan fingerprint density at radius 1 is 1.67 bits per heavy atom. The molecule has 4 heteroatoms. The molecule has 0 aromatic carbocycles. The second-order valence-electron chi connectivity index (χ2n) is 2.33. The lowest BCUT2D eigenvalue weighted by atomic mass is 10.2. The largest absolute Gasteiger partial charge is 0.481 e. The number of hydrogen-bond acceptors (Lipinski definition) is 2. The molecule has 1 N–H and O–H groups in total. The molecule has 0 aliphatic heterocycles. The molecule has 0 aliphatic rings. The minimum absolute atomic E-state index is 0.0894. The minimum atomic E-state index is -0.944.